The van der Waals surface area contributed by atoms with Crippen LogP contribution in [0.4, 0.5) is 4.39 Å². The van der Waals surface area contributed by atoms with E-state index in [0.717, 1.165) is 51.3 Å². The summed E-state index contributed by atoms with van der Waals surface area (Å²) in [5.74, 6) is 0.231. The normalized spacial score (nSPS) is 20.3. The zero-order chi connectivity index (χ0) is 19.3. The van der Waals surface area contributed by atoms with Crippen molar-refractivity contribution in [1.29, 1.82) is 0 Å². The van der Waals surface area contributed by atoms with E-state index in [1.54, 1.807) is 12.1 Å². The Balaban J connectivity index is 1.36. The number of nitrogens with one attached hydrogen (secondary N) is 1. The zero-order valence-electron chi connectivity index (χ0n) is 15.9. The third-order valence-corrected chi connectivity index (χ3v) is 5.49. The Hall–Kier alpha value is -2.44. The van der Waals surface area contributed by atoms with Crippen molar-refractivity contribution >= 4 is 5.91 Å². The number of benzene rings is 2. The van der Waals surface area contributed by atoms with Gasteiger partial charge in [0.25, 0.3) is 5.91 Å². The Kier molecular flexibility index (Phi) is 5.88. The minimum Gasteiger partial charge on any atom is -0.489 e. The molecule has 1 unspecified atom stereocenters. The molecule has 2 fully saturated rings. The van der Waals surface area contributed by atoms with Gasteiger partial charge in [-0.15, -0.1) is 0 Å². The molecule has 4 rings (SSSR count). The number of carbonyl (C=O) groups excluding carboxylic acids is 1. The van der Waals surface area contributed by atoms with E-state index in [4.69, 9.17) is 4.74 Å². The quantitative estimate of drug-likeness (QED) is 0.862. The molecule has 1 N–H and O–H groups in total. The first-order chi connectivity index (χ1) is 13.7. The molecule has 2 aromatic carbocycles. The molecule has 1 atom stereocenters. The summed E-state index contributed by atoms with van der Waals surface area (Å²) in [6.45, 7) is 6.06. The number of hydrogen-bond acceptors (Lipinski definition) is 4. The lowest BCUT2D eigenvalue weighted by molar-refractivity contribution is 0.0773. The van der Waals surface area contributed by atoms with Crippen molar-refractivity contribution < 1.29 is 13.9 Å². The van der Waals surface area contributed by atoms with Crippen molar-refractivity contribution in [1.82, 2.24) is 15.1 Å². The van der Waals surface area contributed by atoms with Crippen molar-refractivity contribution in [3.05, 3.63) is 65.5 Å². The molecule has 0 radical (unpaired) electrons. The molecule has 2 aliphatic rings. The van der Waals surface area contributed by atoms with Crippen molar-refractivity contribution in [3.8, 4) is 5.75 Å². The summed E-state index contributed by atoms with van der Waals surface area (Å²) in [7, 11) is 0. The highest BCUT2D eigenvalue weighted by molar-refractivity contribution is 5.94. The molecule has 5 nitrogen and oxygen atoms in total. The highest BCUT2D eigenvalue weighted by Gasteiger charge is 2.31. The molecule has 148 valence electrons. The predicted octanol–water partition coefficient (Wildman–Crippen LogP) is 2.52. The molecule has 2 aromatic rings. The van der Waals surface area contributed by atoms with Crippen LogP contribution in [0.3, 0.4) is 0 Å². The largest absolute Gasteiger partial charge is 0.489 e. The van der Waals surface area contributed by atoms with Crippen LogP contribution in [0, 0.1) is 5.82 Å². The number of ether oxygens (including phenoxy) is 1. The number of carbonyl (C=O) groups is 1. The topological polar surface area (TPSA) is 44.8 Å². The third-order valence-electron chi connectivity index (χ3n) is 5.49. The first-order valence-electron chi connectivity index (χ1n) is 9.90. The standard InChI is InChI=1S/C22H26FN3O2/c23-19-5-2-6-21(14-19)28-16-17-3-1-4-18(13-17)22(27)26-10-7-20(15-26)25-11-8-24-9-12-25/h1-6,13-14,20,24H,7-12,15-16H2. The van der Waals surface area contributed by atoms with Crippen LogP contribution in [0.15, 0.2) is 48.5 Å². The summed E-state index contributed by atoms with van der Waals surface area (Å²) in [6, 6.07) is 14.1. The van der Waals surface area contributed by atoms with E-state index in [-0.39, 0.29) is 11.7 Å². The van der Waals surface area contributed by atoms with Gasteiger partial charge >= 0.3 is 0 Å². The fourth-order valence-electron chi connectivity index (χ4n) is 3.97. The molecule has 28 heavy (non-hydrogen) atoms. The van der Waals surface area contributed by atoms with E-state index in [1.165, 1.54) is 12.1 Å². The van der Waals surface area contributed by atoms with Gasteiger partial charge < -0.3 is 15.0 Å². The average molecular weight is 383 g/mol. The number of halogens is 1. The Labute approximate surface area is 165 Å². The van der Waals surface area contributed by atoms with E-state index >= 15 is 0 Å². The first kappa shape index (κ1) is 18.9. The van der Waals surface area contributed by atoms with Gasteiger partial charge in [0.15, 0.2) is 0 Å². The number of amides is 1. The fraction of sp³-hybridized carbons (Fsp3) is 0.409. The van der Waals surface area contributed by atoms with E-state index in [9.17, 15) is 9.18 Å². The Morgan fingerprint density at radius 3 is 2.75 bits per heavy atom. The second-order valence-electron chi connectivity index (χ2n) is 7.43. The summed E-state index contributed by atoms with van der Waals surface area (Å²) in [6.07, 6.45) is 1.04. The fourth-order valence-corrected chi connectivity index (χ4v) is 3.97. The Bertz CT molecular complexity index is 823. The SMILES string of the molecule is O=C(c1cccc(COc2cccc(F)c2)c1)N1CCC(N2CCNCC2)C1. The van der Waals surface area contributed by atoms with E-state index in [2.05, 4.69) is 10.2 Å². The average Bonchev–Trinajstić information content (AvgIpc) is 3.23. The molecule has 2 heterocycles. The van der Waals surface area contributed by atoms with Crippen LogP contribution in [-0.2, 0) is 6.61 Å². The van der Waals surface area contributed by atoms with Gasteiger partial charge in [0, 0.05) is 56.9 Å². The van der Waals surface area contributed by atoms with Crippen LogP contribution in [0.5, 0.6) is 5.75 Å². The van der Waals surface area contributed by atoms with Gasteiger partial charge in [-0.1, -0.05) is 18.2 Å². The summed E-state index contributed by atoms with van der Waals surface area (Å²) in [5, 5.41) is 3.38. The highest BCUT2D eigenvalue weighted by atomic mass is 19.1. The van der Waals surface area contributed by atoms with Gasteiger partial charge in [-0.05, 0) is 36.2 Å². The lowest BCUT2D eigenvalue weighted by Gasteiger charge is -2.32. The van der Waals surface area contributed by atoms with Crippen molar-refractivity contribution in [2.75, 3.05) is 39.3 Å². The van der Waals surface area contributed by atoms with Gasteiger partial charge in [-0.2, -0.15) is 0 Å². The first-order valence-corrected chi connectivity index (χ1v) is 9.90. The highest BCUT2D eigenvalue weighted by Crippen LogP contribution is 2.20. The van der Waals surface area contributed by atoms with Gasteiger partial charge in [0.1, 0.15) is 18.2 Å². The van der Waals surface area contributed by atoms with Crippen LogP contribution in [-0.4, -0.2) is 61.0 Å². The minimum atomic E-state index is -0.325. The maximum atomic E-state index is 13.3. The van der Waals surface area contributed by atoms with Crippen LogP contribution in [0.1, 0.15) is 22.3 Å². The monoisotopic (exact) mass is 383 g/mol. The molecule has 0 aromatic heterocycles. The molecule has 1 amide bonds. The maximum absolute atomic E-state index is 13.3. The van der Waals surface area contributed by atoms with Gasteiger partial charge in [-0.25, -0.2) is 4.39 Å². The zero-order valence-corrected chi connectivity index (χ0v) is 15.9. The predicted molar refractivity (Wildman–Crippen MR) is 106 cm³/mol. The summed E-state index contributed by atoms with van der Waals surface area (Å²) in [5.41, 5.74) is 1.58. The Morgan fingerprint density at radius 1 is 1.11 bits per heavy atom. The van der Waals surface area contributed by atoms with Gasteiger partial charge in [0.05, 0.1) is 0 Å². The molecule has 0 bridgehead atoms. The Morgan fingerprint density at radius 2 is 1.93 bits per heavy atom. The number of nitrogens with zero attached hydrogens (tertiary/aromatic N) is 2. The smallest absolute Gasteiger partial charge is 0.253 e. The van der Waals surface area contributed by atoms with Crippen molar-refractivity contribution in [3.63, 3.8) is 0 Å². The van der Waals surface area contributed by atoms with E-state index in [1.807, 2.05) is 29.2 Å². The molecule has 6 heteroatoms. The molecule has 0 spiro atoms. The lowest BCUT2D eigenvalue weighted by atomic mass is 10.1. The maximum Gasteiger partial charge on any atom is 0.253 e. The number of hydrogen-bond donors (Lipinski definition) is 1. The second-order valence-corrected chi connectivity index (χ2v) is 7.43. The van der Waals surface area contributed by atoms with Crippen LogP contribution in [0.25, 0.3) is 0 Å². The van der Waals surface area contributed by atoms with Crippen LogP contribution in [0.2, 0.25) is 0 Å². The van der Waals surface area contributed by atoms with E-state index in [0.29, 0.717) is 24.0 Å². The number of likely N-dealkylation sites (tertiary alicyclic amines) is 1. The summed E-state index contributed by atoms with van der Waals surface area (Å²) in [4.78, 5) is 17.4. The molecule has 0 aliphatic carbocycles. The molecular formula is C22H26FN3O2. The molecule has 2 saturated heterocycles. The lowest BCUT2D eigenvalue weighted by Crippen LogP contribution is -2.49. The third kappa shape index (κ3) is 4.51. The molecule has 2 aliphatic heterocycles. The van der Waals surface area contributed by atoms with Crippen molar-refractivity contribution in [2.45, 2.75) is 19.1 Å². The molecule has 0 saturated carbocycles. The van der Waals surface area contributed by atoms with Crippen LogP contribution < -0.4 is 10.1 Å². The number of piperazine rings is 1. The minimum absolute atomic E-state index is 0.0743. The number of rotatable bonds is 5. The van der Waals surface area contributed by atoms with Gasteiger partial charge in [0.2, 0.25) is 0 Å². The second kappa shape index (κ2) is 8.71. The molecular weight excluding hydrogens is 357 g/mol. The summed E-state index contributed by atoms with van der Waals surface area (Å²) < 4.78 is 18.9. The van der Waals surface area contributed by atoms with Gasteiger partial charge in [-0.3, -0.25) is 9.69 Å². The van der Waals surface area contributed by atoms with Crippen molar-refractivity contribution in [2.24, 2.45) is 0 Å². The summed E-state index contributed by atoms with van der Waals surface area (Å²) >= 11 is 0. The van der Waals surface area contributed by atoms with E-state index < -0.39 is 0 Å². The van der Waals surface area contributed by atoms with Crippen LogP contribution >= 0.6 is 0 Å².